The third kappa shape index (κ3) is 7.31. The summed E-state index contributed by atoms with van der Waals surface area (Å²) in [5.41, 5.74) is 8.10. The number of amides is 1. The maximum absolute atomic E-state index is 12.4. The molecule has 1 aromatic heterocycles. The minimum Gasteiger partial charge on any atom is -0.493 e. The van der Waals surface area contributed by atoms with E-state index in [1.165, 1.54) is 11.1 Å². The monoisotopic (exact) mass is 502 g/mol. The summed E-state index contributed by atoms with van der Waals surface area (Å²) in [5, 5.41) is 4.28. The van der Waals surface area contributed by atoms with Crippen LogP contribution < -0.4 is 10.2 Å². The molecule has 0 saturated carbocycles. The standard InChI is InChI=1S/C31H42N4O2/c1-8-30(4,5)25-14-17-28(27(21-25)31(6,7)9-2)37-20-10-11-29(36)34-33-23(3)24-12-15-26(16-13-24)35-19-18-32-22-35/h12-19,21-22H,8-11,20H2,1-7H3,(H,34,36). The van der Waals surface area contributed by atoms with Gasteiger partial charge >= 0.3 is 0 Å². The van der Waals surface area contributed by atoms with Crippen LogP contribution in [-0.4, -0.2) is 27.8 Å². The van der Waals surface area contributed by atoms with Crippen LogP contribution in [0.3, 0.4) is 0 Å². The molecule has 0 bridgehead atoms. The van der Waals surface area contributed by atoms with Crippen LogP contribution in [0.2, 0.25) is 0 Å². The molecule has 6 nitrogen and oxygen atoms in total. The SMILES string of the molecule is CCC(C)(C)c1ccc(OCCCC(=O)NN=C(C)c2ccc(-n3ccnc3)cc2)c(C(C)(C)CC)c1. The molecule has 0 atom stereocenters. The molecular formula is C31H42N4O2. The Labute approximate surface area is 222 Å². The Bertz CT molecular complexity index is 1190. The van der Waals surface area contributed by atoms with E-state index in [-0.39, 0.29) is 16.7 Å². The first-order valence-corrected chi connectivity index (χ1v) is 13.3. The lowest BCUT2D eigenvalue weighted by molar-refractivity contribution is -0.121. The number of carbonyl (C=O) groups excluding carboxylic acids is 1. The van der Waals surface area contributed by atoms with Gasteiger partial charge in [0.15, 0.2) is 0 Å². The molecule has 3 aromatic rings. The summed E-state index contributed by atoms with van der Waals surface area (Å²) in [5.74, 6) is 0.794. The molecule has 0 radical (unpaired) electrons. The zero-order valence-electron chi connectivity index (χ0n) is 23.5. The van der Waals surface area contributed by atoms with Crippen LogP contribution in [0.4, 0.5) is 0 Å². The van der Waals surface area contributed by atoms with Gasteiger partial charge in [-0.1, -0.05) is 65.8 Å². The van der Waals surface area contributed by atoms with Crippen molar-refractivity contribution >= 4 is 11.6 Å². The Morgan fingerprint density at radius 1 is 1.03 bits per heavy atom. The molecule has 1 heterocycles. The second-order valence-corrected chi connectivity index (χ2v) is 10.9. The number of hydrazone groups is 1. The smallest absolute Gasteiger partial charge is 0.240 e. The van der Waals surface area contributed by atoms with Gasteiger partial charge in [-0.05, 0) is 66.3 Å². The minimum absolute atomic E-state index is 0.00967. The largest absolute Gasteiger partial charge is 0.493 e. The van der Waals surface area contributed by atoms with Gasteiger partial charge in [0.2, 0.25) is 5.91 Å². The second-order valence-electron chi connectivity index (χ2n) is 10.9. The molecule has 0 aliphatic rings. The van der Waals surface area contributed by atoms with Crippen LogP contribution in [0, 0.1) is 0 Å². The third-order valence-corrected chi connectivity index (χ3v) is 7.50. The molecule has 1 N–H and O–H groups in total. The highest BCUT2D eigenvalue weighted by Crippen LogP contribution is 2.38. The summed E-state index contributed by atoms with van der Waals surface area (Å²) >= 11 is 0. The zero-order valence-corrected chi connectivity index (χ0v) is 23.5. The molecule has 2 aromatic carbocycles. The molecular weight excluding hydrogens is 460 g/mol. The molecule has 0 aliphatic heterocycles. The van der Waals surface area contributed by atoms with Crippen LogP contribution >= 0.6 is 0 Å². The van der Waals surface area contributed by atoms with Gasteiger partial charge in [-0.25, -0.2) is 10.4 Å². The van der Waals surface area contributed by atoms with Crippen molar-refractivity contribution in [3.8, 4) is 11.4 Å². The van der Waals surface area contributed by atoms with Crippen molar-refractivity contribution in [1.82, 2.24) is 15.0 Å². The van der Waals surface area contributed by atoms with E-state index >= 15 is 0 Å². The zero-order chi connectivity index (χ0) is 27.1. The van der Waals surface area contributed by atoms with E-state index in [9.17, 15) is 4.79 Å². The third-order valence-electron chi connectivity index (χ3n) is 7.50. The van der Waals surface area contributed by atoms with Crippen LogP contribution in [0.25, 0.3) is 5.69 Å². The number of nitrogens with zero attached hydrogens (tertiary/aromatic N) is 3. The minimum atomic E-state index is -0.118. The molecule has 198 valence electrons. The molecule has 0 unspecified atom stereocenters. The molecule has 0 saturated heterocycles. The predicted molar refractivity (Wildman–Crippen MR) is 152 cm³/mol. The lowest BCUT2D eigenvalue weighted by atomic mass is 9.76. The Morgan fingerprint density at radius 2 is 1.73 bits per heavy atom. The lowest BCUT2D eigenvalue weighted by Crippen LogP contribution is -2.22. The first-order chi connectivity index (χ1) is 17.6. The van der Waals surface area contributed by atoms with Crippen LogP contribution in [0.15, 0.2) is 66.3 Å². The number of rotatable bonds is 12. The van der Waals surface area contributed by atoms with Crippen molar-refractivity contribution in [2.75, 3.05) is 6.61 Å². The van der Waals surface area contributed by atoms with E-state index in [1.54, 1.807) is 12.5 Å². The lowest BCUT2D eigenvalue weighted by Gasteiger charge is -2.30. The summed E-state index contributed by atoms with van der Waals surface area (Å²) in [6.45, 7) is 15.9. The highest BCUT2D eigenvalue weighted by molar-refractivity contribution is 5.99. The van der Waals surface area contributed by atoms with Crippen molar-refractivity contribution < 1.29 is 9.53 Å². The van der Waals surface area contributed by atoms with E-state index in [0.717, 1.165) is 35.6 Å². The van der Waals surface area contributed by atoms with Gasteiger partial charge in [-0.15, -0.1) is 0 Å². The predicted octanol–water partition coefficient (Wildman–Crippen LogP) is 6.95. The average molecular weight is 503 g/mol. The summed E-state index contributed by atoms with van der Waals surface area (Å²) in [7, 11) is 0. The van der Waals surface area contributed by atoms with Crippen LogP contribution in [0.5, 0.6) is 5.75 Å². The summed E-state index contributed by atoms with van der Waals surface area (Å²) in [6.07, 6.45) is 8.47. The molecule has 0 aliphatic carbocycles. The van der Waals surface area contributed by atoms with Gasteiger partial charge in [0.1, 0.15) is 5.75 Å². The van der Waals surface area contributed by atoms with Crippen molar-refractivity contribution in [2.45, 2.75) is 85.0 Å². The molecule has 3 rings (SSSR count). The first-order valence-electron chi connectivity index (χ1n) is 13.3. The second kappa shape index (κ2) is 12.2. The molecule has 37 heavy (non-hydrogen) atoms. The van der Waals surface area contributed by atoms with E-state index in [1.807, 2.05) is 42.0 Å². The maximum atomic E-state index is 12.4. The Morgan fingerprint density at radius 3 is 2.35 bits per heavy atom. The number of carbonyl (C=O) groups is 1. The fourth-order valence-electron chi connectivity index (χ4n) is 3.97. The van der Waals surface area contributed by atoms with Gasteiger partial charge in [-0.3, -0.25) is 4.79 Å². The molecule has 0 spiro atoms. The van der Waals surface area contributed by atoms with E-state index in [0.29, 0.717) is 19.4 Å². The normalized spacial score (nSPS) is 12.5. The van der Waals surface area contributed by atoms with Gasteiger partial charge < -0.3 is 9.30 Å². The van der Waals surface area contributed by atoms with Crippen molar-refractivity contribution in [1.29, 1.82) is 0 Å². The molecule has 0 fully saturated rings. The topological polar surface area (TPSA) is 68.5 Å². The van der Waals surface area contributed by atoms with Gasteiger partial charge in [0, 0.05) is 30.1 Å². The number of hydrogen-bond donors (Lipinski definition) is 1. The van der Waals surface area contributed by atoms with E-state index in [4.69, 9.17) is 4.74 Å². The highest BCUT2D eigenvalue weighted by Gasteiger charge is 2.26. The summed E-state index contributed by atoms with van der Waals surface area (Å²) < 4.78 is 8.13. The summed E-state index contributed by atoms with van der Waals surface area (Å²) in [4.78, 5) is 16.4. The van der Waals surface area contributed by atoms with Crippen molar-refractivity contribution in [3.63, 3.8) is 0 Å². The van der Waals surface area contributed by atoms with E-state index in [2.05, 4.69) is 75.3 Å². The Kier molecular flexibility index (Phi) is 9.30. The van der Waals surface area contributed by atoms with Crippen molar-refractivity contribution in [2.24, 2.45) is 5.10 Å². The average Bonchev–Trinajstić information content (AvgIpc) is 3.45. The number of nitrogens with one attached hydrogen (secondary N) is 1. The number of imidazole rings is 1. The van der Waals surface area contributed by atoms with Gasteiger partial charge in [0.25, 0.3) is 0 Å². The highest BCUT2D eigenvalue weighted by atomic mass is 16.5. The van der Waals surface area contributed by atoms with Crippen LogP contribution in [0.1, 0.15) is 90.8 Å². The fourth-order valence-corrected chi connectivity index (χ4v) is 3.97. The first kappa shape index (κ1) is 28.2. The quantitative estimate of drug-likeness (QED) is 0.166. The Hall–Kier alpha value is -3.41. The van der Waals surface area contributed by atoms with E-state index < -0.39 is 0 Å². The molecule has 6 heteroatoms. The van der Waals surface area contributed by atoms with Crippen molar-refractivity contribution in [3.05, 3.63) is 77.9 Å². The molecule has 1 amide bonds. The Balaban J connectivity index is 1.53. The summed E-state index contributed by atoms with van der Waals surface area (Å²) in [6, 6.07) is 14.6. The van der Waals surface area contributed by atoms with Crippen LogP contribution in [-0.2, 0) is 15.6 Å². The fraction of sp³-hybridized carbons (Fsp3) is 0.452. The number of benzene rings is 2. The number of hydrogen-bond acceptors (Lipinski definition) is 4. The maximum Gasteiger partial charge on any atom is 0.240 e. The van der Waals surface area contributed by atoms with Gasteiger partial charge in [-0.2, -0.15) is 5.10 Å². The number of aromatic nitrogens is 2. The number of ether oxygens (including phenoxy) is 1. The van der Waals surface area contributed by atoms with Gasteiger partial charge in [0.05, 0.1) is 18.6 Å².